The highest BCUT2D eigenvalue weighted by Gasteiger charge is 2.24. The zero-order valence-corrected chi connectivity index (χ0v) is 20.3. The van der Waals surface area contributed by atoms with Crippen LogP contribution >= 0.6 is 11.6 Å². The molecule has 3 heterocycles. The molecule has 0 saturated carbocycles. The topological polar surface area (TPSA) is 116 Å². The van der Waals surface area contributed by atoms with Crippen LogP contribution in [0.25, 0.3) is 11.0 Å². The molecule has 0 radical (unpaired) electrons. The lowest BCUT2D eigenvalue weighted by Crippen LogP contribution is -2.12. The van der Waals surface area contributed by atoms with Crippen LogP contribution in [0.1, 0.15) is 54.4 Å². The molecule has 0 aliphatic carbocycles. The van der Waals surface area contributed by atoms with Crippen LogP contribution in [0.3, 0.4) is 0 Å². The lowest BCUT2D eigenvalue weighted by atomic mass is 9.94. The molecule has 10 heteroatoms. The number of nitrogens with zero attached hydrogens (tertiary/aromatic N) is 4. The normalized spacial score (nSPS) is 12.1. The minimum absolute atomic E-state index is 0.0552. The molecule has 182 valence electrons. The Morgan fingerprint density at radius 1 is 1.24 bits per heavy atom. The van der Waals surface area contributed by atoms with Gasteiger partial charge in [-0.05, 0) is 37.3 Å². The van der Waals surface area contributed by atoms with Gasteiger partial charge in [-0.1, -0.05) is 18.5 Å². The van der Waals surface area contributed by atoms with E-state index >= 15 is 0 Å². The van der Waals surface area contributed by atoms with Gasteiger partial charge < -0.3 is 19.1 Å². The number of unbranched alkanes of at least 4 members (excludes halogenated alkanes) is 1. The zero-order valence-electron chi connectivity index (χ0n) is 19.6. The number of pyridine rings is 1. The summed E-state index contributed by atoms with van der Waals surface area (Å²) >= 11 is 6.17. The minimum atomic E-state index is -0.913. The molecule has 0 aliphatic heterocycles. The fourth-order valence-corrected chi connectivity index (χ4v) is 4.11. The van der Waals surface area contributed by atoms with Crippen molar-refractivity contribution in [2.75, 3.05) is 13.7 Å². The number of carbonyl (C=O) groups is 2. The molecule has 0 fully saturated rings. The van der Waals surface area contributed by atoms with E-state index in [2.05, 4.69) is 15.0 Å². The van der Waals surface area contributed by atoms with Crippen molar-refractivity contribution < 1.29 is 24.2 Å². The molecule has 34 heavy (non-hydrogen) atoms. The Labute approximate surface area is 203 Å². The maximum absolute atomic E-state index is 13.2. The summed E-state index contributed by atoms with van der Waals surface area (Å²) in [6, 6.07) is 3.83. The van der Waals surface area contributed by atoms with Gasteiger partial charge in [0, 0.05) is 55.5 Å². The molecule has 0 amide bonds. The minimum Gasteiger partial charge on any atom is -0.481 e. The number of carbonyl (C=O) groups excluding carboxylic acids is 1. The summed E-state index contributed by atoms with van der Waals surface area (Å²) in [6.07, 6.45) is 5.53. The summed E-state index contributed by atoms with van der Waals surface area (Å²) in [7, 11) is 3.40. The van der Waals surface area contributed by atoms with E-state index in [1.807, 2.05) is 11.6 Å². The van der Waals surface area contributed by atoms with E-state index in [1.54, 1.807) is 31.5 Å². The number of methoxy groups -OCH3 is 1. The fourth-order valence-electron chi connectivity index (χ4n) is 3.96. The SMILES string of the molecule is COc1nccc(COCCCCc2c(C(=O)CC(C)CC(=O)O)c3cc(Cl)cnc3n2C)n1. The van der Waals surface area contributed by atoms with Gasteiger partial charge in [0.25, 0.3) is 0 Å². The Hall–Kier alpha value is -3.04. The van der Waals surface area contributed by atoms with E-state index in [1.165, 1.54) is 7.11 Å². The molecule has 0 saturated heterocycles. The van der Waals surface area contributed by atoms with Crippen LogP contribution in [-0.4, -0.2) is 50.1 Å². The zero-order chi connectivity index (χ0) is 24.7. The standard InChI is InChI=1S/C24H29ClN4O5/c1-15(11-21(31)32)10-20(30)22-18-12-16(25)13-27-23(18)29(2)19(22)6-4-5-9-34-14-17-7-8-26-24(28-17)33-3/h7-8,12-13,15H,4-6,9-11,14H2,1-3H3,(H,31,32). The lowest BCUT2D eigenvalue weighted by molar-refractivity contribution is -0.137. The molecule has 0 aromatic carbocycles. The molecule has 3 aromatic rings. The van der Waals surface area contributed by atoms with Crippen LogP contribution in [0.2, 0.25) is 5.02 Å². The van der Waals surface area contributed by atoms with Crippen molar-refractivity contribution in [2.24, 2.45) is 13.0 Å². The molecule has 1 unspecified atom stereocenters. The second-order valence-corrected chi connectivity index (χ2v) is 8.72. The summed E-state index contributed by atoms with van der Waals surface area (Å²) < 4.78 is 12.7. The molecule has 0 spiro atoms. The second kappa shape index (κ2) is 11.9. The third-order valence-electron chi connectivity index (χ3n) is 5.53. The number of aromatic nitrogens is 4. The van der Waals surface area contributed by atoms with E-state index in [9.17, 15) is 9.59 Å². The summed E-state index contributed by atoms with van der Waals surface area (Å²) in [4.78, 5) is 36.9. The molecular weight excluding hydrogens is 460 g/mol. The summed E-state index contributed by atoms with van der Waals surface area (Å²) in [5.74, 6) is -1.27. The quantitative estimate of drug-likeness (QED) is 0.280. The number of aliphatic carboxylic acids is 1. The van der Waals surface area contributed by atoms with Crippen molar-refractivity contribution in [3.05, 3.63) is 46.5 Å². The molecule has 1 atom stereocenters. The largest absolute Gasteiger partial charge is 0.481 e. The van der Waals surface area contributed by atoms with E-state index < -0.39 is 5.97 Å². The molecule has 3 rings (SSSR count). The lowest BCUT2D eigenvalue weighted by Gasteiger charge is -2.11. The van der Waals surface area contributed by atoms with Crippen LogP contribution in [0.4, 0.5) is 0 Å². The number of rotatable bonds is 13. The van der Waals surface area contributed by atoms with Gasteiger partial charge in [-0.25, -0.2) is 9.97 Å². The molecule has 1 N–H and O–H groups in total. The highest BCUT2D eigenvalue weighted by atomic mass is 35.5. The average molecular weight is 489 g/mol. The van der Waals surface area contributed by atoms with Crippen molar-refractivity contribution in [3.8, 4) is 6.01 Å². The summed E-state index contributed by atoms with van der Waals surface area (Å²) in [5.41, 5.74) is 2.88. The van der Waals surface area contributed by atoms with E-state index in [0.29, 0.717) is 47.3 Å². The van der Waals surface area contributed by atoms with Crippen LogP contribution in [0.5, 0.6) is 6.01 Å². The van der Waals surface area contributed by atoms with Crippen molar-refractivity contribution in [3.63, 3.8) is 0 Å². The Morgan fingerprint density at radius 2 is 2.03 bits per heavy atom. The van der Waals surface area contributed by atoms with Gasteiger partial charge in [-0.15, -0.1) is 0 Å². The van der Waals surface area contributed by atoms with Crippen molar-refractivity contribution in [1.82, 2.24) is 19.5 Å². The van der Waals surface area contributed by atoms with Gasteiger partial charge in [0.2, 0.25) is 0 Å². The highest BCUT2D eigenvalue weighted by molar-refractivity contribution is 6.31. The van der Waals surface area contributed by atoms with E-state index in [4.69, 9.17) is 26.2 Å². The highest BCUT2D eigenvalue weighted by Crippen LogP contribution is 2.30. The van der Waals surface area contributed by atoms with Crippen LogP contribution < -0.4 is 4.74 Å². The number of halogens is 1. The van der Waals surface area contributed by atoms with Gasteiger partial charge in [-0.3, -0.25) is 9.59 Å². The van der Waals surface area contributed by atoms with Gasteiger partial charge in [0.15, 0.2) is 5.78 Å². The number of ketones is 1. The first-order valence-corrected chi connectivity index (χ1v) is 11.5. The molecule has 0 bridgehead atoms. The molecule has 3 aromatic heterocycles. The number of aryl methyl sites for hydroxylation is 1. The monoisotopic (exact) mass is 488 g/mol. The first-order valence-electron chi connectivity index (χ1n) is 11.1. The molecule has 9 nitrogen and oxygen atoms in total. The molecule has 0 aliphatic rings. The second-order valence-electron chi connectivity index (χ2n) is 8.28. The number of ether oxygens (including phenoxy) is 2. The number of fused-ring (bicyclic) bond motifs is 1. The Bertz CT molecular complexity index is 1160. The summed E-state index contributed by atoms with van der Waals surface area (Å²) in [5, 5.41) is 10.2. The van der Waals surface area contributed by atoms with Gasteiger partial charge in [0.05, 0.1) is 24.4 Å². The first kappa shape index (κ1) is 25.6. The van der Waals surface area contributed by atoms with Crippen molar-refractivity contribution in [2.45, 2.75) is 45.6 Å². The van der Waals surface area contributed by atoms with Crippen molar-refractivity contribution >= 4 is 34.4 Å². The number of carboxylic acids is 1. The smallest absolute Gasteiger partial charge is 0.316 e. The van der Waals surface area contributed by atoms with Crippen LogP contribution in [0.15, 0.2) is 24.5 Å². The number of hydrogen-bond acceptors (Lipinski definition) is 7. The van der Waals surface area contributed by atoms with Gasteiger partial charge in [0.1, 0.15) is 5.65 Å². The molecular formula is C24H29ClN4O5. The third kappa shape index (κ3) is 6.51. The number of Topliss-reactive ketones (excluding diaryl/α,β-unsaturated/α-hetero) is 1. The predicted octanol–water partition coefficient (Wildman–Crippen LogP) is 4.25. The maximum Gasteiger partial charge on any atom is 0.316 e. The van der Waals surface area contributed by atoms with Gasteiger partial charge in [-0.2, -0.15) is 4.98 Å². The van der Waals surface area contributed by atoms with Gasteiger partial charge >= 0.3 is 12.0 Å². The van der Waals surface area contributed by atoms with Crippen molar-refractivity contribution in [1.29, 1.82) is 0 Å². The van der Waals surface area contributed by atoms with E-state index in [-0.39, 0.29) is 24.5 Å². The Morgan fingerprint density at radius 3 is 2.76 bits per heavy atom. The Kier molecular flexibility index (Phi) is 8.95. The average Bonchev–Trinajstić information content (AvgIpc) is 3.06. The predicted molar refractivity (Wildman–Crippen MR) is 127 cm³/mol. The number of carboxylic acid groups (broad SMARTS) is 1. The third-order valence-corrected chi connectivity index (χ3v) is 5.73. The summed E-state index contributed by atoms with van der Waals surface area (Å²) in [6.45, 7) is 2.67. The fraction of sp³-hybridized carbons (Fsp3) is 0.458. The maximum atomic E-state index is 13.2. The van der Waals surface area contributed by atoms with E-state index in [0.717, 1.165) is 24.2 Å². The number of hydrogen-bond donors (Lipinski definition) is 1. The van der Waals surface area contributed by atoms with Crippen LogP contribution in [0, 0.1) is 5.92 Å². The first-order chi connectivity index (χ1) is 16.3. The Balaban J connectivity index is 1.66. The van der Waals surface area contributed by atoms with Crippen LogP contribution in [-0.2, 0) is 29.6 Å².